The van der Waals surface area contributed by atoms with Crippen molar-refractivity contribution in [1.82, 2.24) is 19.1 Å². The van der Waals surface area contributed by atoms with Gasteiger partial charge in [-0.3, -0.25) is 0 Å². The number of nitrogens with zero attached hydrogens (tertiary/aromatic N) is 4. The lowest BCUT2D eigenvalue weighted by atomic mass is 9.69. The molecule has 0 saturated carbocycles. The van der Waals surface area contributed by atoms with Gasteiger partial charge in [0.15, 0.2) is 0 Å². The van der Waals surface area contributed by atoms with Crippen molar-refractivity contribution in [2.45, 2.75) is 5.41 Å². The highest BCUT2D eigenvalue weighted by molar-refractivity contribution is 6.23. The van der Waals surface area contributed by atoms with Crippen LogP contribution in [-0.4, -0.2) is 19.1 Å². The lowest BCUT2D eigenvalue weighted by Gasteiger charge is -2.32. The van der Waals surface area contributed by atoms with E-state index >= 15 is 0 Å². The van der Waals surface area contributed by atoms with Crippen LogP contribution >= 0.6 is 0 Å². The van der Waals surface area contributed by atoms with Crippen LogP contribution in [0.25, 0.3) is 144 Å². The molecule has 13 aromatic carbocycles. The Bertz CT molecular complexity index is 4920. The van der Waals surface area contributed by atoms with Crippen molar-refractivity contribution >= 4 is 65.2 Å². The maximum absolute atomic E-state index is 5.16. The number of hydrogen-bond acceptors (Lipinski definition) is 2. The second kappa shape index (κ2) is 16.4. The number of hydrogen-bond donors (Lipinski definition) is 0. The van der Waals surface area contributed by atoms with E-state index in [1.807, 2.05) is 0 Å². The van der Waals surface area contributed by atoms with Crippen LogP contribution in [0.3, 0.4) is 0 Å². The Morgan fingerprint density at radius 3 is 1.25 bits per heavy atom. The fraction of sp³-hybridized carbons (Fsp3) is 0.0400. The topological polar surface area (TPSA) is 35.6 Å². The summed E-state index contributed by atoms with van der Waals surface area (Å²) in [6.45, 7) is 0. The van der Waals surface area contributed by atoms with E-state index in [2.05, 4.69) is 278 Å². The van der Waals surface area contributed by atoms with Gasteiger partial charge in [0.25, 0.3) is 0 Å². The normalized spacial score (nSPS) is 14.3. The van der Waals surface area contributed by atoms with Crippen LogP contribution in [0.1, 0.15) is 22.3 Å². The summed E-state index contributed by atoms with van der Waals surface area (Å²) in [5, 5.41) is 9.98. The molecule has 17 rings (SSSR count). The minimum atomic E-state index is -0.581. The third kappa shape index (κ3) is 5.98. The first-order valence-electron chi connectivity index (χ1n) is 27.3. The molecule has 2 heterocycles. The summed E-state index contributed by atoms with van der Waals surface area (Å²) in [5.74, 6) is 1.91. The summed E-state index contributed by atoms with van der Waals surface area (Å²) in [5.41, 5.74) is 23.4. The molecule has 0 saturated heterocycles. The Morgan fingerprint density at radius 2 is 0.684 bits per heavy atom. The lowest BCUT2D eigenvalue weighted by molar-refractivity contribution is 0.802. The number of rotatable bonds is 5. The monoisotopic (exact) mass is 1000 g/mol. The zero-order valence-electron chi connectivity index (χ0n) is 43.5. The van der Waals surface area contributed by atoms with Gasteiger partial charge >= 0.3 is 0 Å². The lowest BCUT2D eigenvalue weighted by Crippen LogP contribution is -2.26. The highest BCUT2D eigenvalue weighted by Crippen LogP contribution is 2.67. The van der Waals surface area contributed by atoms with Crippen LogP contribution in [0.2, 0.25) is 0 Å². The molecule has 1 spiro atoms. The maximum Gasteiger partial charge on any atom is 0.140 e. The van der Waals surface area contributed by atoms with Gasteiger partial charge in [0.2, 0.25) is 0 Å². The Kier molecular flexibility index (Phi) is 9.15. The molecular formula is C75H48N4. The number of benzene rings is 13. The van der Waals surface area contributed by atoms with Crippen LogP contribution in [-0.2, 0) is 19.5 Å². The first-order chi connectivity index (χ1) is 39.0. The Morgan fingerprint density at radius 1 is 0.278 bits per heavy atom. The summed E-state index contributed by atoms with van der Waals surface area (Å²) in [6.07, 6.45) is 0. The summed E-state index contributed by atoms with van der Waals surface area (Å²) >= 11 is 0. The first kappa shape index (κ1) is 44.0. The highest BCUT2D eigenvalue weighted by atomic mass is 15.1. The van der Waals surface area contributed by atoms with Crippen molar-refractivity contribution in [3.63, 3.8) is 0 Å². The van der Waals surface area contributed by atoms with Gasteiger partial charge in [0.1, 0.15) is 11.6 Å². The van der Waals surface area contributed by atoms with Gasteiger partial charge in [-0.25, -0.2) is 9.97 Å². The van der Waals surface area contributed by atoms with Gasteiger partial charge in [-0.05, 0) is 151 Å². The molecule has 0 fully saturated rings. The molecule has 1 unspecified atom stereocenters. The van der Waals surface area contributed by atoms with E-state index in [4.69, 9.17) is 9.97 Å². The van der Waals surface area contributed by atoms with Gasteiger partial charge < -0.3 is 9.13 Å². The van der Waals surface area contributed by atoms with E-state index in [1.165, 1.54) is 110 Å². The van der Waals surface area contributed by atoms with Crippen LogP contribution in [0.5, 0.6) is 0 Å². The van der Waals surface area contributed by atoms with Gasteiger partial charge in [-0.2, -0.15) is 0 Å². The predicted molar refractivity (Wildman–Crippen MR) is 328 cm³/mol. The van der Waals surface area contributed by atoms with Crippen molar-refractivity contribution in [2.75, 3.05) is 0 Å². The minimum Gasteiger partial charge on any atom is -0.327 e. The number of fused-ring (bicyclic) bond motifs is 19. The maximum atomic E-state index is 5.16. The third-order valence-corrected chi connectivity index (χ3v) is 17.7. The molecule has 2 aliphatic carbocycles. The molecule has 0 bridgehead atoms. The molecule has 4 heteroatoms. The van der Waals surface area contributed by atoms with E-state index < -0.39 is 5.41 Å². The van der Waals surface area contributed by atoms with E-state index in [0.29, 0.717) is 0 Å². The first-order valence-corrected chi connectivity index (χ1v) is 27.3. The number of imidazole rings is 2. The molecule has 0 radical (unpaired) electrons. The molecule has 368 valence electrons. The van der Waals surface area contributed by atoms with Crippen LogP contribution in [0.4, 0.5) is 0 Å². The van der Waals surface area contributed by atoms with Crippen molar-refractivity contribution in [1.29, 1.82) is 0 Å². The van der Waals surface area contributed by atoms with E-state index in [-0.39, 0.29) is 0 Å². The van der Waals surface area contributed by atoms with E-state index in [1.54, 1.807) is 0 Å². The van der Waals surface area contributed by atoms with Crippen LogP contribution in [0.15, 0.2) is 255 Å². The van der Waals surface area contributed by atoms with E-state index in [0.717, 1.165) is 56.0 Å². The third-order valence-electron chi connectivity index (χ3n) is 17.7. The van der Waals surface area contributed by atoms with Crippen molar-refractivity contribution in [3.05, 3.63) is 277 Å². The molecule has 0 N–H and O–H groups in total. The average Bonchev–Trinajstić information content (AvgIpc) is 2.35. The summed E-state index contributed by atoms with van der Waals surface area (Å²) in [4.78, 5) is 10.3. The Hall–Kier alpha value is -10.2. The number of aromatic nitrogens is 4. The van der Waals surface area contributed by atoms with Crippen LogP contribution in [0, 0.1) is 0 Å². The fourth-order valence-electron chi connectivity index (χ4n) is 14.4. The van der Waals surface area contributed by atoms with Gasteiger partial charge in [0, 0.05) is 25.2 Å². The van der Waals surface area contributed by atoms with Crippen LogP contribution < -0.4 is 0 Å². The number of aryl methyl sites for hydroxylation is 2. The fourth-order valence-corrected chi connectivity index (χ4v) is 14.4. The molecular weight excluding hydrogens is 957 g/mol. The molecule has 0 aliphatic heterocycles. The van der Waals surface area contributed by atoms with Gasteiger partial charge in [-0.1, -0.05) is 224 Å². The summed E-state index contributed by atoms with van der Waals surface area (Å²) in [6, 6.07) is 94.9. The second-order valence-corrected chi connectivity index (χ2v) is 21.6. The van der Waals surface area contributed by atoms with Crippen molar-refractivity contribution < 1.29 is 0 Å². The molecule has 2 aromatic heterocycles. The minimum absolute atomic E-state index is 0.581. The van der Waals surface area contributed by atoms with Crippen molar-refractivity contribution in [3.8, 4) is 78.4 Å². The molecule has 15 aromatic rings. The standard InChI is InChI=1S/C75H48N4/c1-78-67-42-47(38-40-65(67)76-73(78)45-20-5-3-6-21-45)49-30-17-32-54-60(49)44-61-50(48-39-41-66-68(43-48)79(2)74(77-66)46-22-7-4-8-23-46)31-18-33-55(61)69(54)59-34-19-37-64-70(59)57-28-13-15-35-62(57)75(64)63-36-16-14-29-58(63)71-53-26-11-9-24-51(53)52-25-10-12-27-56(52)72(71)75/h3-44H,1-2H3. The van der Waals surface area contributed by atoms with E-state index in [9.17, 15) is 0 Å². The molecule has 4 nitrogen and oxygen atoms in total. The smallest absolute Gasteiger partial charge is 0.140 e. The Balaban J connectivity index is 0.972. The van der Waals surface area contributed by atoms with Crippen molar-refractivity contribution in [2.24, 2.45) is 14.1 Å². The second-order valence-electron chi connectivity index (χ2n) is 21.6. The molecule has 1 atom stereocenters. The zero-order chi connectivity index (χ0) is 52.1. The largest absolute Gasteiger partial charge is 0.327 e. The average molecular weight is 1010 g/mol. The van der Waals surface area contributed by atoms with Gasteiger partial charge in [-0.15, -0.1) is 0 Å². The molecule has 2 aliphatic rings. The SMILES string of the molecule is Cn1c(-c2ccccc2)nc2ccc(-c3cccc4c(-c5cccc6c5-c5ccccc5C65c6ccccc6-c6c5c5ccccc5c5ccccc65)c5cccc(-c6ccc7nc(-c8ccccc8)n(C)c7c6)c5cc34)cc21. The molecule has 79 heavy (non-hydrogen) atoms. The quantitative estimate of drug-likeness (QED) is 0.127. The summed E-state index contributed by atoms with van der Waals surface area (Å²) in [7, 11) is 4.27. The summed E-state index contributed by atoms with van der Waals surface area (Å²) < 4.78 is 4.48. The molecule has 0 amide bonds. The highest BCUT2D eigenvalue weighted by Gasteiger charge is 2.53. The predicted octanol–water partition coefficient (Wildman–Crippen LogP) is 18.8. The zero-order valence-corrected chi connectivity index (χ0v) is 43.5. The Labute approximate surface area is 456 Å². The van der Waals surface area contributed by atoms with Gasteiger partial charge in [0.05, 0.1) is 27.5 Å².